The normalized spacial score (nSPS) is 14.4. The van der Waals surface area contributed by atoms with Crippen molar-refractivity contribution >= 4 is 102 Å². The SMILES string of the molecule is Cc1cc(-n2cnc3c(NCc4nc5c(F)c(F)ccc5[nH]4)nc(N4CCOCC4)nc32)no1.Cn1cc(-n2cnc3c(NCc4nc5c(F)c(F)ccc5[nH]4)nc(N4CCOCC4)nc32)cn1.Cn1cc(-n2cnc3c(NCc4nc5cc(F)c(F)cc5[nH]4)nc(N4CCOCC4)nc32)cn1. The van der Waals surface area contributed by atoms with Gasteiger partial charge in [-0.2, -0.15) is 40.1 Å². The number of rotatable bonds is 15. The molecule has 3 fully saturated rings. The van der Waals surface area contributed by atoms with E-state index in [9.17, 15) is 26.3 Å². The Balaban J connectivity index is 0.000000118. The molecule has 15 aromatic rings. The fourth-order valence-corrected chi connectivity index (χ4v) is 11.8. The van der Waals surface area contributed by atoms with Crippen LogP contribution in [-0.4, -0.2) is 192 Å². The van der Waals surface area contributed by atoms with E-state index in [0.717, 1.165) is 35.6 Å². The number of aromatic amines is 3. The van der Waals surface area contributed by atoms with Gasteiger partial charge in [0.2, 0.25) is 17.8 Å². The molecular weight excluding hydrogens is 1340 g/mol. The number of imidazole rings is 6. The highest BCUT2D eigenvalue weighted by Crippen LogP contribution is 2.31. The van der Waals surface area contributed by atoms with Gasteiger partial charge in [0.05, 0.1) is 105 Å². The average molecular weight is 1400 g/mol. The van der Waals surface area contributed by atoms with Crippen molar-refractivity contribution in [3.63, 3.8) is 0 Å². The van der Waals surface area contributed by atoms with Crippen LogP contribution < -0.4 is 30.7 Å². The maximum atomic E-state index is 14.1. The van der Waals surface area contributed by atoms with Crippen molar-refractivity contribution in [3.05, 3.63) is 144 Å². The topological polar surface area (TPSA) is 352 Å². The smallest absolute Gasteiger partial charge is 0.229 e. The first-order valence-corrected chi connectivity index (χ1v) is 32.0. The molecule has 0 unspecified atom stereocenters. The van der Waals surface area contributed by atoms with Gasteiger partial charge in [0.25, 0.3) is 0 Å². The van der Waals surface area contributed by atoms with Crippen LogP contribution in [0.2, 0.25) is 0 Å². The number of halogens is 6. The summed E-state index contributed by atoms with van der Waals surface area (Å²) >= 11 is 0. The fraction of sp³-hybridized carbons (Fsp3) is 0.286. The number of morpholine rings is 3. The minimum absolute atomic E-state index is 0.0421. The van der Waals surface area contributed by atoms with E-state index in [1.54, 1.807) is 58.3 Å². The summed E-state index contributed by atoms with van der Waals surface area (Å²) in [6.07, 6.45) is 12.2. The van der Waals surface area contributed by atoms with Gasteiger partial charge in [-0.1, -0.05) is 5.16 Å². The second kappa shape index (κ2) is 27.0. The first-order chi connectivity index (χ1) is 49.7. The molecule has 33 nitrogen and oxygen atoms in total. The molecule has 3 saturated heterocycles. The Morgan fingerprint density at radius 3 is 1.25 bits per heavy atom. The number of H-pyrrole nitrogens is 3. The third kappa shape index (κ3) is 12.8. The van der Waals surface area contributed by atoms with Crippen LogP contribution in [0.3, 0.4) is 0 Å². The molecule has 39 heteroatoms. The largest absolute Gasteiger partial charge is 0.378 e. The number of hydrogen-bond acceptors (Lipinski definition) is 25. The van der Waals surface area contributed by atoms with E-state index in [1.807, 2.05) is 45.4 Å². The van der Waals surface area contributed by atoms with Gasteiger partial charge < -0.3 is 64.3 Å². The maximum absolute atomic E-state index is 14.1. The van der Waals surface area contributed by atoms with Gasteiger partial charge in [0.15, 0.2) is 91.7 Å². The molecule has 6 N–H and O–H groups in total. The molecular formula is C63H59F6N29O4. The highest BCUT2D eigenvalue weighted by Gasteiger charge is 2.26. The summed E-state index contributed by atoms with van der Waals surface area (Å²) < 4.78 is 113. The Morgan fingerprint density at radius 1 is 0.441 bits per heavy atom. The predicted octanol–water partition coefficient (Wildman–Crippen LogP) is 7.02. The summed E-state index contributed by atoms with van der Waals surface area (Å²) in [6, 6.07) is 8.99. The number of fused-ring (bicyclic) bond motifs is 6. The Morgan fingerprint density at radius 2 is 0.843 bits per heavy atom. The minimum Gasteiger partial charge on any atom is -0.378 e. The van der Waals surface area contributed by atoms with E-state index in [1.165, 1.54) is 12.1 Å². The van der Waals surface area contributed by atoms with Crippen LogP contribution in [0.5, 0.6) is 0 Å². The molecule has 0 spiro atoms. The first kappa shape index (κ1) is 64.3. The molecule has 102 heavy (non-hydrogen) atoms. The molecule has 0 radical (unpaired) electrons. The Hall–Kier alpha value is -12.4. The molecule has 12 aromatic heterocycles. The van der Waals surface area contributed by atoms with Crippen LogP contribution in [0.1, 0.15) is 23.2 Å². The van der Waals surface area contributed by atoms with Crippen molar-refractivity contribution in [1.82, 2.24) is 113 Å². The lowest BCUT2D eigenvalue weighted by Gasteiger charge is -2.27. The number of aryl methyl sites for hydroxylation is 3. The van der Waals surface area contributed by atoms with Crippen molar-refractivity contribution in [1.29, 1.82) is 0 Å². The summed E-state index contributed by atoms with van der Waals surface area (Å²) in [5.74, 6) is -0.0390. The van der Waals surface area contributed by atoms with Crippen LogP contribution in [0.4, 0.5) is 61.6 Å². The van der Waals surface area contributed by atoms with Crippen LogP contribution in [0.15, 0.2) is 90.8 Å². The molecule has 3 aliphatic rings. The minimum atomic E-state index is -0.985. The van der Waals surface area contributed by atoms with E-state index in [2.05, 4.69) is 81.1 Å². The zero-order chi connectivity index (χ0) is 69.7. The first-order valence-electron chi connectivity index (χ1n) is 32.0. The highest BCUT2D eigenvalue weighted by molar-refractivity contribution is 5.88. The van der Waals surface area contributed by atoms with Crippen LogP contribution in [0.25, 0.3) is 83.8 Å². The molecule has 15 heterocycles. The molecule has 3 aliphatic heterocycles. The quantitative estimate of drug-likeness (QED) is 0.0561. The Labute approximate surface area is 570 Å². The van der Waals surface area contributed by atoms with Gasteiger partial charge in [0.1, 0.15) is 53.2 Å². The van der Waals surface area contributed by atoms with Gasteiger partial charge in [0, 0.05) is 84.0 Å². The number of ether oxygens (including phenoxy) is 3. The zero-order valence-electron chi connectivity index (χ0n) is 54.4. The summed E-state index contributed by atoms with van der Waals surface area (Å²) in [5, 5.41) is 22.2. The number of anilines is 6. The molecule has 0 bridgehead atoms. The van der Waals surface area contributed by atoms with E-state index >= 15 is 0 Å². The Bertz CT molecular complexity index is 5310. The molecule has 18 rings (SSSR count). The van der Waals surface area contributed by atoms with Gasteiger partial charge in [-0.25, -0.2) is 56.2 Å². The third-order valence-electron chi connectivity index (χ3n) is 16.9. The van der Waals surface area contributed by atoms with E-state index < -0.39 is 34.9 Å². The summed E-state index contributed by atoms with van der Waals surface area (Å²) in [4.78, 5) is 69.9. The number of hydrogen-bond donors (Lipinski definition) is 6. The van der Waals surface area contributed by atoms with Crippen molar-refractivity contribution in [3.8, 4) is 17.2 Å². The lowest BCUT2D eigenvalue weighted by atomic mass is 10.3. The molecule has 0 saturated carbocycles. The maximum Gasteiger partial charge on any atom is 0.229 e. The Kier molecular flexibility index (Phi) is 17.0. The molecule has 522 valence electrons. The number of nitrogens with one attached hydrogen (secondary N) is 6. The average Bonchev–Trinajstić information content (AvgIpc) is 1.60. The van der Waals surface area contributed by atoms with Gasteiger partial charge >= 0.3 is 0 Å². The van der Waals surface area contributed by atoms with E-state index in [4.69, 9.17) is 48.6 Å². The number of benzene rings is 3. The second-order valence-electron chi connectivity index (χ2n) is 23.7. The van der Waals surface area contributed by atoms with Crippen LogP contribution >= 0.6 is 0 Å². The summed E-state index contributed by atoms with van der Waals surface area (Å²) in [7, 11) is 3.68. The van der Waals surface area contributed by atoms with Crippen molar-refractivity contribution in [2.45, 2.75) is 26.6 Å². The van der Waals surface area contributed by atoms with Gasteiger partial charge in [-0.3, -0.25) is 23.1 Å². The third-order valence-corrected chi connectivity index (χ3v) is 16.9. The van der Waals surface area contributed by atoms with Gasteiger partial charge in [-0.05, 0) is 31.2 Å². The second-order valence-corrected chi connectivity index (χ2v) is 23.7. The number of aromatic nitrogens is 23. The van der Waals surface area contributed by atoms with Crippen LogP contribution in [-0.2, 0) is 47.9 Å². The fourth-order valence-electron chi connectivity index (χ4n) is 11.8. The van der Waals surface area contributed by atoms with Crippen molar-refractivity contribution in [2.24, 2.45) is 14.1 Å². The predicted molar refractivity (Wildman–Crippen MR) is 357 cm³/mol. The lowest BCUT2D eigenvalue weighted by Crippen LogP contribution is -2.37. The van der Waals surface area contributed by atoms with Gasteiger partial charge in [-0.15, -0.1) is 0 Å². The number of nitrogens with zero attached hydrogens (tertiary/aromatic N) is 23. The standard InChI is InChI=1S/2C21H20F2N10O.C21H19F2N9O2/c1-31-10-12(8-26-31)33-11-25-18-19(29-21(30-20(18)33)32-2-4-34-5-3-32)24-9-17-27-15-6-13(22)14(23)7-16(15)28-17;1-31-10-12(8-26-31)33-11-25-18-19(29-21(30-20(18)33)32-4-6-34-7-5-32)24-9-15-27-14-3-2-13(22)16(23)17(14)28-15;1-11-8-15(30-34-11)32-10-25-18-19(28-21(29-20(18)32)31-4-6-33-7-5-31)24-9-14-26-13-3-2-12(22)16(23)17(13)27-14/h6-8,10-11H,2-5,9H2,1H3,(H,27,28)(H,24,29,30);2-3,8,10-11H,4-7,9H2,1H3,(H,27,28)(H,24,29,30);2-3,8,10H,4-7,9H2,1H3,(H,26,27)(H,24,28,29). The highest BCUT2D eigenvalue weighted by atomic mass is 19.2. The zero-order valence-corrected chi connectivity index (χ0v) is 54.4. The van der Waals surface area contributed by atoms with Crippen molar-refractivity contribution < 1.29 is 45.1 Å². The lowest BCUT2D eigenvalue weighted by molar-refractivity contribution is 0.122. The van der Waals surface area contributed by atoms with Crippen molar-refractivity contribution in [2.75, 3.05) is 110 Å². The molecule has 0 aliphatic carbocycles. The molecule has 0 amide bonds. The monoisotopic (exact) mass is 1400 g/mol. The van der Waals surface area contributed by atoms with E-state index in [-0.39, 0.29) is 30.7 Å². The molecule has 3 aromatic carbocycles. The molecule has 0 atom stereocenters. The van der Waals surface area contributed by atoms with E-state index in [0.29, 0.717) is 199 Å². The summed E-state index contributed by atoms with van der Waals surface area (Å²) in [5.41, 5.74) is 6.58. The van der Waals surface area contributed by atoms with Crippen LogP contribution in [0, 0.1) is 41.8 Å². The summed E-state index contributed by atoms with van der Waals surface area (Å²) in [6.45, 7) is 9.93.